The fraction of sp³-hybridized carbons (Fsp3) is 0.450. The van der Waals surface area contributed by atoms with Crippen LogP contribution in [0.15, 0.2) is 36.4 Å². The topological polar surface area (TPSA) is 71.1 Å². The highest BCUT2D eigenvalue weighted by molar-refractivity contribution is 7.18. The molecule has 1 aliphatic rings. The number of aromatic nitrogens is 1. The lowest BCUT2D eigenvalue weighted by Gasteiger charge is -2.26. The third-order valence-electron chi connectivity index (χ3n) is 4.64. The van der Waals surface area contributed by atoms with Gasteiger partial charge in [0.1, 0.15) is 0 Å². The van der Waals surface area contributed by atoms with Gasteiger partial charge in [-0.3, -0.25) is 9.59 Å². The van der Waals surface area contributed by atoms with Gasteiger partial charge in [-0.15, -0.1) is 11.3 Å². The van der Waals surface area contributed by atoms with Crippen molar-refractivity contribution in [3.8, 4) is 0 Å². The number of amides is 2. The normalized spacial score (nSPS) is 19.7. The second-order valence-corrected chi connectivity index (χ2v) is 7.97. The van der Waals surface area contributed by atoms with Gasteiger partial charge in [0.15, 0.2) is 0 Å². The minimum absolute atomic E-state index is 0.00667. The molecule has 2 atom stereocenters. The number of hydrogen-bond donors (Lipinski definition) is 2. The summed E-state index contributed by atoms with van der Waals surface area (Å²) in [6, 6.07) is 8.09. The van der Waals surface area contributed by atoms with Gasteiger partial charge in [0.25, 0.3) is 0 Å². The van der Waals surface area contributed by atoms with Gasteiger partial charge in [-0.1, -0.05) is 38.1 Å². The minimum Gasteiger partial charge on any atom is -0.354 e. The van der Waals surface area contributed by atoms with E-state index in [-0.39, 0.29) is 29.6 Å². The molecule has 0 saturated heterocycles. The molecule has 2 aromatic rings. The van der Waals surface area contributed by atoms with Crippen LogP contribution < -0.4 is 10.6 Å². The van der Waals surface area contributed by atoms with Gasteiger partial charge in [-0.2, -0.15) is 0 Å². The molecule has 0 saturated carbocycles. The molecule has 138 valence electrons. The minimum atomic E-state index is -0.110. The molecule has 0 spiro atoms. The fourth-order valence-electron chi connectivity index (χ4n) is 3.13. The summed E-state index contributed by atoms with van der Waals surface area (Å²) in [4.78, 5) is 29.0. The second kappa shape index (κ2) is 8.45. The lowest BCUT2D eigenvalue weighted by molar-refractivity contribution is -0.126. The van der Waals surface area contributed by atoms with E-state index in [1.54, 1.807) is 11.3 Å². The van der Waals surface area contributed by atoms with Crippen molar-refractivity contribution in [2.75, 3.05) is 13.1 Å². The van der Waals surface area contributed by atoms with Crippen molar-refractivity contribution < 1.29 is 9.59 Å². The largest absolute Gasteiger partial charge is 0.354 e. The summed E-state index contributed by atoms with van der Waals surface area (Å²) in [7, 11) is 0. The van der Waals surface area contributed by atoms with Crippen LogP contribution in [0.2, 0.25) is 0 Å². The lowest BCUT2D eigenvalue weighted by atomic mass is 9.82. The number of benzene rings is 1. The molecule has 0 bridgehead atoms. The second-order valence-electron chi connectivity index (χ2n) is 6.91. The first-order chi connectivity index (χ1) is 12.6. The molecule has 6 heteroatoms. The van der Waals surface area contributed by atoms with Gasteiger partial charge in [0.05, 0.1) is 21.1 Å². The van der Waals surface area contributed by atoms with Crippen LogP contribution in [-0.4, -0.2) is 29.9 Å². The number of para-hydroxylation sites is 1. The predicted molar refractivity (Wildman–Crippen MR) is 105 cm³/mol. The van der Waals surface area contributed by atoms with Crippen molar-refractivity contribution in [2.24, 2.45) is 11.8 Å². The Kier molecular flexibility index (Phi) is 6.04. The molecular weight excluding hydrogens is 346 g/mol. The molecule has 0 aliphatic heterocycles. The molecule has 1 aromatic carbocycles. The number of nitrogens with one attached hydrogen (secondary N) is 2. The first-order valence-electron chi connectivity index (χ1n) is 9.12. The number of nitrogens with zero attached hydrogens (tertiary/aromatic N) is 1. The van der Waals surface area contributed by atoms with Crippen LogP contribution in [0.25, 0.3) is 10.2 Å². The summed E-state index contributed by atoms with van der Waals surface area (Å²) < 4.78 is 1.16. The number of thiazole rings is 1. The fourth-order valence-corrected chi connectivity index (χ4v) is 4.28. The van der Waals surface area contributed by atoms with Crippen molar-refractivity contribution >= 4 is 33.4 Å². The Bertz CT molecular complexity index is 779. The highest BCUT2D eigenvalue weighted by Gasteiger charge is 2.32. The Hall–Kier alpha value is -2.21. The van der Waals surface area contributed by atoms with Gasteiger partial charge in [0, 0.05) is 24.9 Å². The average Bonchev–Trinajstić information content (AvgIpc) is 3.08. The average molecular weight is 372 g/mol. The molecule has 2 unspecified atom stereocenters. The molecule has 2 N–H and O–H groups in total. The zero-order chi connectivity index (χ0) is 18.5. The summed E-state index contributed by atoms with van der Waals surface area (Å²) >= 11 is 1.68. The summed E-state index contributed by atoms with van der Waals surface area (Å²) in [6.45, 7) is 4.61. The third kappa shape index (κ3) is 4.30. The molecule has 26 heavy (non-hydrogen) atoms. The Morgan fingerprint density at radius 3 is 2.65 bits per heavy atom. The molecule has 0 radical (unpaired) electrons. The molecule has 5 nitrogen and oxygen atoms in total. The van der Waals surface area contributed by atoms with Gasteiger partial charge in [0.2, 0.25) is 11.8 Å². The molecular formula is C20H25N3O2S. The zero-order valence-corrected chi connectivity index (χ0v) is 16.0. The van der Waals surface area contributed by atoms with Gasteiger partial charge in [-0.25, -0.2) is 4.98 Å². The smallest absolute Gasteiger partial charge is 0.224 e. The van der Waals surface area contributed by atoms with E-state index in [0.717, 1.165) is 28.1 Å². The Morgan fingerprint density at radius 2 is 1.88 bits per heavy atom. The van der Waals surface area contributed by atoms with E-state index in [4.69, 9.17) is 4.98 Å². The van der Waals surface area contributed by atoms with Crippen molar-refractivity contribution in [3.05, 3.63) is 41.4 Å². The Balaban J connectivity index is 1.62. The molecule has 2 amide bonds. The predicted octanol–water partition coefficient (Wildman–Crippen LogP) is 3.23. The molecule has 3 rings (SSSR count). The van der Waals surface area contributed by atoms with Crippen LogP contribution >= 0.6 is 11.3 Å². The molecule has 1 heterocycles. The highest BCUT2D eigenvalue weighted by Crippen LogP contribution is 2.38. The zero-order valence-electron chi connectivity index (χ0n) is 15.2. The Labute approximate surface area is 157 Å². The van der Waals surface area contributed by atoms with E-state index in [0.29, 0.717) is 13.1 Å². The monoisotopic (exact) mass is 371 g/mol. The van der Waals surface area contributed by atoms with E-state index < -0.39 is 0 Å². The van der Waals surface area contributed by atoms with Crippen molar-refractivity contribution in [1.82, 2.24) is 15.6 Å². The van der Waals surface area contributed by atoms with Gasteiger partial charge < -0.3 is 10.6 Å². The third-order valence-corrected chi connectivity index (χ3v) is 5.81. The van der Waals surface area contributed by atoms with Crippen LogP contribution in [0.4, 0.5) is 0 Å². The van der Waals surface area contributed by atoms with E-state index in [2.05, 4.69) is 28.9 Å². The van der Waals surface area contributed by atoms with Crippen LogP contribution in [0.3, 0.4) is 0 Å². The summed E-state index contributed by atoms with van der Waals surface area (Å²) in [5, 5.41) is 6.82. The highest BCUT2D eigenvalue weighted by atomic mass is 32.1. The molecule has 0 fully saturated rings. The van der Waals surface area contributed by atoms with Crippen LogP contribution in [0.1, 0.15) is 37.6 Å². The summed E-state index contributed by atoms with van der Waals surface area (Å²) in [5.41, 5.74) is 0.998. The molecule has 1 aromatic heterocycles. The number of fused-ring (bicyclic) bond motifs is 1. The maximum absolute atomic E-state index is 12.7. The Morgan fingerprint density at radius 1 is 1.15 bits per heavy atom. The summed E-state index contributed by atoms with van der Waals surface area (Å²) in [6.07, 6.45) is 5.78. The van der Waals surface area contributed by atoms with Crippen molar-refractivity contribution in [2.45, 2.75) is 32.6 Å². The van der Waals surface area contributed by atoms with E-state index in [1.165, 1.54) is 0 Å². The van der Waals surface area contributed by atoms with Gasteiger partial charge in [-0.05, 0) is 25.0 Å². The van der Waals surface area contributed by atoms with Crippen LogP contribution in [0, 0.1) is 11.8 Å². The van der Waals surface area contributed by atoms with E-state index in [1.807, 2.05) is 32.0 Å². The quantitative estimate of drug-likeness (QED) is 0.605. The number of hydrogen-bond acceptors (Lipinski definition) is 4. The lowest BCUT2D eigenvalue weighted by Crippen LogP contribution is -2.40. The molecule has 1 aliphatic carbocycles. The van der Waals surface area contributed by atoms with Crippen molar-refractivity contribution in [1.29, 1.82) is 0 Å². The van der Waals surface area contributed by atoms with E-state index in [9.17, 15) is 9.59 Å². The number of rotatable bonds is 6. The first-order valence-corrected chi connectivity index (χ1v) is 9.94. The van der Waals surface area contributed by atoms with Crippen molar-refractivity contribution in [3.63, 3.8) is 0 Å². The number of carbonyl (C=O) groups excluding carboxylic acids is 2. The standard InChI is InChI=1S/C20H25N3O2S/c1-13(2)18(24)21-11-12-22-19(25)14-7-3-4-8-15(14)20-23-16-9-5-6-10-17(16)26-20/h3-6,9-10,13-15H,7-8,11-12H2,1-2H3,(H,21,24)(H,22,25). The van der Waals surface area contributed by atoms with Gasteiger partial charge >= 0.3 is 0 Å². The summed E-state index contributed by atoms with van der Waals surface area (Å²) in [5.74, 6) is 0.00576. The maximum Gasteiger partial charge on any atom is 0.224 e. The van der Waals surface area contributed by atoms with E-state index >= 15 is 0 Å². The van der Waals surface area contributed by atoms with Crippen LogP contribution in [-0.2, 0) is 9.59 Å². The number of allylic oxidation sites excluding steroid dienone is 2. The SMILES string of the molecule is CC(C)C(=O)NCCNC(=O)C1CC=CCC1c1nc2ccccc2s1. The maximum atomic E-state index is 12.7. The first kappa shape index (κ1) is 18.6. The number of carbonyl (C=O) groups is 2. The van der Waals surface area contributed by atoms with Crippen LogP contribution in [0.5, 0.6) is 0 Å².